The lowest BCUT2D eigenvalue weighted by molar-refractivity contribution is -0.138. The van der Waals surface area contributed by atoms with E-state index >= 15 is 0 Å². The molecule has 7 nitrogen and oxygen atoms in total. The van der Waals surface area contributed by atoms with Crippen LogP contribution in [0.3, 0.4) is 0 Å². The fourth-order valence-electron chi connectivity index (χ4n) is 2.90. The third-order valence-corrected chi connectivity index (χ3v) is 6.78. The fourth-order valence-corrected chi connectivity index (χ4v) is 4.59. The van der Waals surface area contributed by atoms with Crippen molar-refractivity contribution in [3.63, 3.8) is 0 Å². The number of unbranched alkanes of at least 4 members (excludes halogenated alkanes) is 4. The van der Waals surface area contributed by atoms with Crippen molar-refractivity contribution in [2.75, 3.05) is 0 Å². The molecule has 0 radical (unpaired) electrons. The molecule has 0 bridgehead atoms. The van der Waals surface area contributed by atoms with Crippen molar-refractivity contribution in [1.29, 1.82) is 0 Å². The SMILES string of the molecule is CCCCCCC#CC(Cc1cccnc1)(C(=O)O)S(=O)(=O)c1ccc(F)cc1.NO. The lowest BCUT2D eigenvalue weighted by Crippen LogP contribution is -2.47. The third-order valence-electron chi connectivity index (χ3n) is 4.55. The molecule has 4 N–H and O–H groups in total. The highest BCUT2D eigenvalue weighted by Gasteiger charge is 2.51. The third kappa shape index (κ3) is 6.85. The number of carboxylic acid groups (broad SMARTS) is 1. The minimum absolute atomic E-state index is 0.287. The second-order valence-corrected chi connectivity index (χ2v) is 8.92. The van der Waals surface area contributed by atoms with Gasteiger partial charge in [-0.25, -0.2) is 23.5 Å². The number of halogens is 1. The number of pyridine rings is 1. The van der Waals surface area contributed by atoms with Gasteiger partial charge in [0.1, 0.15) is 5.82 Å². The number of nitrogens with zero attached hydrogens (tertiary/aromatic N) is 1. The Bertz CT molecular complexity index is 986. The van der Waals surface area contributed by atoms with Gasteiger partial charge >= 0.3 is 5.97 Å². The molecule has 168 valence electrons. The minimum atomic E-state index is -4.44. The summed E-state index contributed by atoms with van der Waals surface area (Å²) in [4.78, 5) is 16.0. The van der Waals surface area contributed by atoms with Crippen molar-refractivity contribution < 1.29 is 27.9 Å². The predicted octanol–water partition coefficient (Wildman–Crippen LogP) is 3.37. The van der Waals surface area contributed by atoms with Crippen LogP contribution >= 0.6 is 0 Å². The molecule has 0 aliphatic rings. The number of nitrogens with two attached hydrogens (primary N) is 1. The average Bonchev–Trinajstić information content (AvgIpc) is 2.77. The Morgan fingerprint density at radius 3 is 2.39 bits per heavy atom. The van der Waals surface area contributed by atoms with Gasteiger partial charge in [0.2, 0.25) is 14.6 Å². The van der Waals surface area contributed by atoms with E-state index in [1.165, 1.54) is 12.4 Å². The van der Waals surface area contributed by atoms with Crippen LogP contribution in [0.25, 0.3) is 0 Å². The van der Waals surface area contributed by atoms with Gasteiger partial charge in [0.05, 0.1) is 4.90 Å². The molecule has 2 aromatic rings. The first-order valence-corrected chi connectivity index (χ1v) is 11.2. The topological polar surface area (TPSA) is 131 Å². The molecule has 0 fully saturated rings. The van der Waals surface area contributed by atoms with Crippen LogP contribution < -0.4 is 5.90 Å². The Hall–Kier alpha value is -2.80. The van der Waals surface area contributed by atoms with Crippen molar-refractivity contribution in [3.05, 3.63) is 60.2 Å². The van der Waals surface area contributed by atoms with E-state index in [4.69, 9.17) is 5.21 Å². The van der Waals surface area contributed by atoms with E-state index in [0.29, 0.717) is 12.0 Å². The van der Waals surface area contributed by atoms with E-state index in [1.54, 1.807) is 12.1 Å². The Morgan fingerprint density at radius 2 is 1.84 bits per heavy atom. The van der Waals surface area contributed by atoms with E-state index in [2.05, 4.69) is 29.6 Å². The van der Waals surface area contributed by atoms with E-state index in [1.807, 2.05) is 0 Å². The van der Waals surface area contributed by atoms with Gasteiger partial charge in [-0.3, -0.25) is 4.98 Å². The van der Waals surface area contributed by atoms with Crippen LogP contribution in [0.4, 0.5) is 4.39 Å². The van der Waals surface area contributed by atoms with E-state index in [0.717, 1.165) is 49.9 Å². The maximum Gasteiger partial charge on any atom is 0.338 e. The van der Waals surface area contributed by atoms with Gasteiger partial charge in [-0.15, -0.1) is 5.92 Å². The Labute approximate surface area is 182 Å². The molecule has 1 aromatic heterocycles. The quantitative estimate of drug-likeness (QED) is 0.231. The molecule has 0 aliphatic heterocycles. The highest BCUT2D eigenvalue weighted by molar-refractivity contribution is 7.94. The van der Waals surface area contributed by atoms with Gasteiger partial charge in [0, 0.05) is 25.2 Å². The number of hydrogen-bond donors (Lipinski definition) is 3. The summed E-state index contributed by atoms with van der Waals surface area (Å²) in [5.74, 6) is 6.65. The predicted molar refractivity (Wildman–Crippen MR) is 114 cm³/mol. The average molecular weight is 451 g/mol. The van der Waals surface area contributed by atoms with Crippen LogP contribution in [0.15, 0.2) is 53.7 Å². The summed E-state index contributed by atoms with van der Waals surface area (Å²) < 4.78 is 37.6. The monoisotopic (exact) mass is 450 g/mol. The number of benzene rings is 1. The standard InChI is InChI=1S/C22H24FNO4S.H3NO/c1-2-3-4-5-6-7-14-22(21(25)26,16-18-9-8-15-24-17-18)29(27,28)20-12-10-19(23)11-13-20;1-2/h8-13,15,17H,2-6,16H2,1H3,(H,25,26);2H,1H2. The number of hydrogen-bond acceptors (Lipinski definition) is 6. The maximum absolute atomic E-state index is 13.4. The summed E-state index contributed by atoms with van der Waals surface area (Å²) in [5.41, 5.74) is 0.431. The number of sulfone groups is 1. The molecule has 9 heteroatoms. The molecule has 1 aromatic carbocycles. The first kappa shape index (κ1) is 26.2. The highest BCUT2D eigenvalue weighted by Crippen LogP contribution is 2.30. The molecule has 1 heterocycles. The lowest BCUT2D eigenvalue weighted by Gasteiger charge is -2.24. The molecule has 0 aliphatic carbocycles. The first-order chi connectivity index (χ1) is 14.8. The van der Waals surface area contributed by atoms with Crippen LogP contribution in [0, 0.1) is 17.7 Å². The maximum atomic E-state index is 13.4. The van der Waals surface area contributed by atoms with E-state index < -0.39 is 26.4 Å². The fraction of sp³-hybridized carbons (Fsp3) is 0.364. The van der Waals surface area contributed by atoms with Crippen LogP contribution in [-0.2, 0) is 21.1 Å². The van der Waals surface area contributed by atoms with Crippen LogP contribution in [0.1, 0.15) is 44.6 Å². The zero-order valence-corrected chi connectivity index (χ0v) is 18.1. The number of aromatic nitrogens is 1. The number of rotatable bonds is 9. The molecule has 1 unspecified atom stereocenters. The van der Waals surface area contributed by atoms with Crippen LogP contribution in [0.2, 0.25) is 0 Å². The van der Waals surface area contributed by atoms with Gasteiger partial charge < -0.3 is 10.3 Å². The van der Waals surface area contributed by atoms with Crippen molar-refractivity contribution in [3.8, 4) is 11.8 Å². The smallest absolute Gasteiger partial charge is 0.338 e. The van der Waals surface area contributed by atoms with E-state index in [9.17, 15) is 22.7 Å². The Balaban J connectivity index is 0.00000233. The molecule has 31 heavy (non-hydrogen) atoms. The lowest BCUT2D eigenvalue weighted by atomic mass is 9.99. The number of carbonyl (C=O) groups is 1. The summed E-state index contributed by atoms with van der Waals surface area (Å²) in [7, 11) is -4.44. The van der Waals surface area contributed by atoms with Gasteiger partial charge in [-0.1, -0.05) is 38.2 Å². The molecule has 0 saturated heterocycles. The van der Waals surface area contributed by atoms with Gasteiger partial charge in [-0.05, 0) is 42.3 Å². The summed E-state index contributed by atoms with van der Waals surface area (Å²) in [5, 5.41) is 16.5. The zero-order chi connectivity index (χ0) is 23.3. The Morgan fingerprint density at radius 1 is 1.16 bits per heavy atom. The van der Waals surface area contributed by atoms with Gasteiger partial charge in [0.25, 0.3) is 0 Å². The van der Waals surface area contributed by atoms with Crippen molar-refractivity contribution >= 4 is 15.8 Å². The normalized spacial score (nSPS) is 12.5. The number of aliphatic carboxylic acids is 1. The summed E-state index contributed by atoms with van der Waals surface area (Å²) in [6, 6.07) is 7.31. The highest BCUT2D eigenvalue weighted by atomic mass is 32.2. The summed E-state index contributed by atoms with van der Waals surface area (Å²) in [6.45, 7) is 2.07. The molecular formula is C22H27FN2O5S. The first-order valence-electron chi connectivity index (χ1n) is 9.72. The minimum Gasteiger partial charge on any atom is -0.479 e. The second kappa shape index (κ2) is 12.8. The molecule has 0 saturated carbocycles. The van der Waals surface area contributed by atoms with Gasteiger partial charge in [-0.2, -0.15) is 0 Å². The van der Waals surface area contributed by atoms with Crippen molar-refractivity contribution in [1.82, 2.24) is 4.98 Å². The summed E-state index contributed by atoms with van der Waals surface area (Å²) >= 11 is 0. The molecule has 1 atom stereocenters. The van der Waals surface area contributed by atoms with Crippen LogP contribution in [-0.4, -0.2) is 34.4 Å². The zero-order valence-electron chi connectivity index (χ0n) is 17.3. The van der Waals surface area contributed by atoms with Crippen molar-refractivity contribution in [2.45, 2.75) is 55.1 Å². The summed E-state index contributed by atoms with van der Waals surface area (Å²) in [6.07, 6.45) is 6.76. The van der Waals surface area contributed by atoms with E-state index in [-0.39, 0.29) is 11.3 Å². The number of carboxylic acids is 1. The van der Waals surface area contributed by atoms with Gasteiger partial charge in [0.15, 0.2) is 0 Å². The largest absolute Gasteiger partial charge is 0.479 e. The van der Waals surface area contributed by atoms with Crippen molar-refractivity contribution in [2.24, 2.45) is 5.90 Å². The molecular weight excluding hydrogens is 423 g/mol. The van der Waals surface area contributed by atoms with Crippen LogP contribution in [0.5, 0.6) is 0 Å². The molecule has 0 amide bonds. The Kier molecular flexibility index (Phi) is 10.8. The second-order valence-electron chi connectivity index (χ2n) is 6.74. The molecule has 2 rings (SSSR count). The molecule has 0 spiro atoms.